The summed E-state index contributed by atoms with van der Waals surface area (Å²) in [5.74, 6) is 0.598. The van der Waals surface area contributed by atoms with Gasteiger partial charge in [-0.2, -0.15) is 0 Å². The third kappa shape index (κ3) is 3.59. The van der Waals surface area contributed by atoms with Crippen LogP contribution < -0.4 is 11.0 Å². The van der Waals surface area contributed by atoms with Gasteiger partial charge in [-0.1, -0.05) is 23.9 Å². The highest BCUT2D eigenvalue weighted by molar-refractivity contribution is 8.01. The number of nitrogens with zero attached hydrogens (tertiary/aromatic N) is 1. The number of thiazole rings is 1. The number of aromatic amines is 2. The van der Waals surface area contributed by atoms with Crippen molar-refractivity contribution in [2.75, 3.05) is 11.1 Å². The lowest BCUT2D eigenvalue weighted by Gasteiger charge is -2.04. The van der Waals surface area contributed by atoms with Gasteiger partial charge in [0.1, 0.15) is 0 Å². The molecule has 0 atom stereocenters. The van der Waals surface area contributed by atoms with Crippen LogP contribution in [0.3, 0.4) is 0 Å². The summed E-state index contributed by atoms with van der Waals surface area (Å²) in [5.41, 5.74) is 2.79. The van der Waals surface area contributed by atoms with E-state index in [4.69, 9.17) is 0 Å². The van der Waals surface area contributed by atoms with Crippen LogP contribution >= 0.6 is 23.1 Å². The Labute approximate surface area is 150 Å². The zero-order chi connectivity index (χ0) is 17.2. The second kappa shape index (κ2) is 6.73. The lowest BCUT2D eigenvalue weighted by Crippen LogP contribution is -2.12. The Morgan fingerprint density at radius 1 is 1.16 bits per heavy atom. The minimum absolute atomic E-state index is 0.0640. The van der Waals surface area contributed by atoms with Crippen LogP contribution in [0.25, 0.3) is 21.3 Å². The molecule has 126 valence electrons. The Hall–Kier alpha value is -2.58. The molecule has 8 heteroatoms. The molecule has 0 unspecified atom stereocenters. The van der Waals surface area contributed by atoms with Crippen LogP contribution in [0.1, 0.15) is 6.42 Å². The Bertz CT molecular complexity index is 1080. The molecular weight excluding hydrogens is 356 g/mol. The normalized spacial score (nSPS) is 11.2. The van der Waals surface area contributed by atoms with E-state index in [0.29, 0.717) is 23.4 Å². The number of rotatable bonds is 5. The molecule has 3 N–H and O–H groups in total. The van der Waals surface area contributed by atoms with Gasteiger partial charge >= 0.3 is 5.69 Å². The fraction of sp³-hybridized carbons (Fsp3) is 0.118. The van der Waals surface area contributed by atoms with Gasteiger partial charge in [0, 0.05) is 17.9 Å². The van der Waals surface area contributed by atoms with Gasteiger partial charge in [-0.05, 0) is 30.3 Å². The topological polar surface area (TPSA) is 90.6 Å². The lowest BCUT2D eigenvalue weighted by molar-refractivity contribution is -0.115. The van der Waals surface area contributed by atoms with E-state index >= 15 is 0 Å². The van der Waals surface area contributed by atoms with Gasteiger partial charge in [0.25, 0.3) is 0 Å². The maximum atomic E-state index is 12.1. The number of fused-ring (bicyclic) bond motifs is 2. The monoisotopic (exact) mass is 370 g/mol. The SMILES string of the molecule is O=C(CCSc1nc2ccccc2s1)Nc1ccc2[nH]c(=O)[nH]c2c1. The van der Waals surface area contributed by atoms with Crippen molar-refractivity contribution in [1.29, 1.82) is 0 Å². The molecular formula is C17H14N4O2S2. The Morgan fingerprint density at radius 3 is 2.88 bits per heavy atom. The number of nitrogens with one attached hydrogen (secondary N) is 3. The first kappa shape index (κ1) is 15.9. The molecule has 0 fully saturated rings. The zero-order valence-corrected chi connectivity index (χ0v) is 14.7. The number of H-pyrrole nitrogens is 2. The summed E-state index contributed by atoms with van der Waals surface area (Å²) < 4.78 is 2.13. The molecule has 0 spiro atoms. The van der Waals surface area contributed by atoms with Crippen molar-refractivity contribution < 1.29 is 4.79 Å². The number of thioether (sulfide) groups is 1. The van der Waals surface area contributed by atoms with Crippen molar-refractivity contribution in [2.24, 2.45) is 0 Å². The summed E-state index contributed by atoms with van der Waals surface area (Å²) in [6.07, 6.45) is 0.391. The fourth-order valence-electron chi connectivity index (χ4n) is 2.48. The highest BCUT2D eigenvalue weighted by Gasteiger charge is 2.07. The van der Waals surface area contributed by atoms with Gasteiger partial charge in [0.2, 0.25) is 5.91 Å². The molecule has 2 aromatic carbocycles. The second-order valence-electron chi connectivity index (χ2n) is 5.43. The van der Waals surface area contributed by atoms with E-state index < -0.39 is 0 Å². The minimum Gasteiger partial charge on any atom is -0.326 e. The number of benzene rings is 2. The van der Waals surface area contributed by atoms with Gasteiger partial charge in [-0.15, -0.1) is 11.3 Å². The van der Waals surface area contributed by atoms with Crippen LogP contribution in [0.5, 0.6) is 0 Å². The predicted molar refractivity (Wildman–Crippen MR) is 103 cm³/mol. The van der Waals surface area contributed by atoms with Crippen LogP contribution in [0.15, 0.2) is 51.6 Å². The first-order chi connectivity index (χ1) is 12.2. The molecule has 0 saturated heterocycles. The number of amides is 1. The zero-order valence-electron chi connectivity index (χ0n) is 13.0. The van der Waals surface area contributed by atoms with E-state index in [0.717, 1.165) is 20.1 Å². The van der Waals surface area contributed by atoms with Crippen LogP contribution in [0, 0.1) is 0 Å². The van der Waals surface area contributed by atoms with Gasteiger partial charge < -0.3 is 15.3 Å². The van der Waals surface area contributed by atoms with Gasteiger partial charge in [-0.25, -0.2) is 9.78 Å². The average Bonchev–Trinajstić information content (AvgIpc) is 3.16. The number of para-hydroxylation sites is 1. The molecule has 4 rings (SSSR count). The van der Waals surface area contributed by atoms with E-state index in [1.807, 2.05) is 24.3 Å². The lowest BCUT2D eigenvalue weighted by atomic mass is 10.2. The Balaban J connectivity index is 1.34. The highest BCUT2D eigenvalue weighted by Crippen LogP contribution is 2.29. The van der Waals surface area contributed by atoms with Crippen molar-refractivity contribution >= 4 is 55.9 Å². The van der Waals surface area contributed by atoms with Gasteiger partial charge in [0.15, 0.2) is 4.34 Å². The molecule has 0 bridgehead atoms. The van der Waals surface area contributed by atoms with E-state index in [1.165, 1.54) is 0 Å². The Kier molecular flexibility index (Phi) is 4.29. The minimum atomic E-state index is -0.259. The Morgan fingerprint density at radius 2 is 2.00 bits per heavy atom. The molecule has 4 aromatic rings. The van der Waals surface area contributed by atoms with Crippen LogP contribution in [0.4, 0.5) is 5.69 Å². The number of hydrogen-bond donors (Lipinski definition) is 3. The average molecular weight is 370 g/mol. The van der Waals surface area contributed by atoms with Crippen LogP contribution in [-0.2, 0) is 4.79 Å². The van der Waals surface area contributed by atoms with Crippen LogP contribution in [0.2, 0.25) is 0 Å². The molecule has 2 heterocycles. The van der Waals surface area contributed by atoms with E-state index in [1.54, 1.807) is 41.3 Å². The number of anilines is 1. The molecule has 0 aliphatic heterocycles. The molecule has 1 amide bonds. The highest BCUT2D eigenvalue weighted by atomic mass is 32.2. The standard InChI is InChI=1S/C17H14N4O2S2/c22-15(18-10-5-6-11-13(9-10)20-16(23)19-11)7-8-24-17-21-12-3-1-2-4-14(12)25-17/h1-6,9H,7-8H2,(H,18,22)(H2,19,20,23). The first-order valence-corrected chi connectivity index (χ1v) is 9.48. The van der Waals surface area contributed by atoms with Crippen molar-refractivity contribution in [1.82, 2.24) is 15.0 Å². The first-order valence-electron chi connectivity index (χ1n) is 7.68. The van der Waals surface area contributed by atoms with Gasteiger partial charge in [-0.3, -0.25) is 4.79 Å². The maximum Gasteiger partial charge on any atom is 0.323 e. The number of imidazole rings is 1. The number of carbonyl (C=O) groups excluding carboxylic acids is 1. The largest absolute Gasteiger partial charge is 0.326 e. The molecule has 2 aromatic heterocycles. The third-order valence-corrected chi connectivity index (χ3v) is 5.81. The van der Waals surface area contributed by atoms with E-state index in [2.05, 4.69) is 20.3 Å². The smallest absolute Gasteiger partial charge is 0.323 e. The molecule has 0 aliphatic carbocycles. The summed E-state index contributed by atoms with van der Waals surface area (Å²) in [6, 6.07) is 13.3. The predicted octanol–water partition coefficient (Wildman–Crippen LogP) is 3.59. The van der Waals surface area contributed by atoms with Crippen molar-refractivity contribution in [3.05, 3.63) is 52.9 Å². The van der Waals surface area contributed by atoms with Crippen LogP contribution in [-0.4, -0.2) is 26.6 Å². The number of carbonyl (C=O) groups is 1. The summed E-state index contributed by atoms with van der Waals surface area (Å²) in [7, 11) is 0. The van der Waals surface area contributed by atoms with Crippen molar-refractivity contribution in [3.8, 4) is 0 Å². The number of hydrogen-bond acceptors (Lipinski definition) is 5. The summed E-state index contributed by atoms with van der Waals surface area (Å²) in [5, 5.41) is 2.85. The second-order valence-corrected chi connectivity index (χ2v) is 7.81. The summed E-state index contributed by atoms with van der Waals surface area (Å²) in [6.45, 7) is 0. The van der Waals surface area contributed by atoms with E-state index in [-0.39, 0.29) is 11.6 Å². The fourth-order valence-corrected chi connectivity index (χ4v) is 4.55. The molecule has 25 heavy (non-hydrogen) atoms. The van der Waals surface area contributed by atoms with E-state index in [9.17, 15) is 9.59 Å². The molecule has 0 aliphatic rings. The summed E-state index contributed by atoms with van der Waals surface area (Å²) >= 11 is 3.22. The van der Waals surface area contributed by atoms with Crippen molar-refractivity contribution in [3.63, 3.8) is 0 Å². The number of aromatic nitrogens is 3. The third-order valence-electron chi connectivity index (χ3n) is 3.63. The van der Waals surface area contributed by atoms with Crippen molar-refractivity contribution in [2.45, 2.75) is 10.8 Å². The summed E-state index contributed by atoms with van der Waals surface area (Å²) in [4.78, 5) is 33.2. The van der Waals surface area contributed by atoms with Gasteiger partial charge in [0.05, 0.1) is 21.3 Å². The quantitative estimate of drug-likeness (QED) is 0.468. The molecule has 6 nitrogen and oxygen atoms in total. The molecule has 0 saturated carbocycles. The molecule has 0 radical (unpaired) electrons. The maximum absolute atomic E-state index is 12.1.